The van der Waals surface area contributed by atoms with Gasteiger partial charge < -0.3 is 20.3 Å². The third-order valence-electron chi connectivity index (χ3n) is 3.91. The Kier molecular flexibility index (Phi) is 8.99. The van der Waals surface area contributed by atoms with Gasteiger partial charge in [0.25, 0.3) is 0 Å². The summed E-state index contributed by atoms with van der Waals surface area (Å²) in [4.78, 5) is 14.2. The smallest absolute Gasteiger partial charge is 0.223 e. The Morgan fingerprint density at radius 2 is 1.91 bits per heavy atom. The van der Waals surface area contributed by atoms with Crippen molar-refractivity contribution in [3.8, 4) is 5.75 Å². The number of amides is 1. The second-order valence-corrected chi connectivity index (χ2v) is 6.04. The molecule has 2 N–H and O–H groups in total. The first-order chi connectivity index (χ1) is 10.6. The summed E-state index contributed by atoms with van der Waals surface area (Å²) in [5, 5.41) is 6.31. The summed E-state index contributed by atoms with van der Waals surface area (Å²) < 4.78 is 5.66. The van der Waals surface area contributed by atoms with Crippen LogP contribution in [0.3, 0.4) is 0 Å². The molecule has 23 heavy (non-hydrogen) atoms. The molecule has 1 aliphatic heterocycles. The molecule has 130 valence electrons. The van der Waals surface area contributed by atoms with Crippen molar-refractivity contribution in [1.82, 2.24) is 15.5 Å². The van der Waals surface area contributed by atoms with Crippen LogP contribution in [0.1, 0.15) is 18.4 Å². The van der Waals surface area contributed by atoms with Crippen molar-refractivity contribution in [2.75, 3.05) is 40.3 Å². The Balaban J connectivity index is 0.00000264. The average Bonchev–Trinajstić information content (AvgIpc) is 2.54. The van der Waals surface area contributed by atoms with E-state index in [9.17, 15) is 4.79 Å². The Labute approximate surface area is 145 Å². The molecule has 1 saturated heterocycles. The van der Waals surface area contributed by atoms with Crippen LogP contribution in [-0.4, -0.2) is 51.1 Å². The van der Waals surface area contributed by atoms with E-state index in [2.05, 4.69) is 15.5 Å². The molecule has 6 heteroatoms. The Morgan fingerprint density at radius 3 is 2.52 bits per heavy atom. The van der Waals surface area contributed by atoms with Crippen LogP contribution >= 0.6 is 12.4 Å². The lowest BCUT2D eigenvalue weighted by molar-refractivity contribution is -0.125. The molecule has 0 unspecified atom stereocenters. The number of nitrogens with zero attached hydrogens (tertiary/aromatic N) is 1. The zero-order valence-corrected chi connectivity index (χ0v) is 14.8. The van der Waals surface area contributed by atoms with Crippen molar-refractivity contribution in [1.29, 1.82) is 0 Å². The largest absolute Gasteiger partial charge is 0.492 e. The number of nitrogens with one attached hydrogen (secondary N) is 2. The van der Waals surface area contributed by atoms with Gasteiger partial charge in [-0.2, -0.15) is 0 Å². The van der Waals surface area contributed by atoms with Gasteiger partial charge in [-0.25, -0.2) is 0 Å². The van der Waals surface area contributed by atoms with Crippen molar-refractivity contribution < 1.29 is 9.53 Å². The van der Waals surface area contributed by atoms with Gasteiger partial charge in [-0.3, -0.25) is 4.79 Å². The SMILES string of the molecule is CN(C)CCOc1ccc(CNC(=O)C2CCNCC2)cc1.Cl. The highest BCUT2D eigenvalue weighted by Crippen LogP contribution is 2.14. The van der Waals surface area contributed by atoms with E-state index in [1.807, 2.05) is 38.4 Å². The maximum absolute atomic E-state index is 12.1. The van der Waals surface area contributed by atoms with E-state index in [4.69, 9.17) is 4.74 Å². The fourth-order valence-corrected chi connectivity index (χ4v) is 2.47. The molecule has 5 nitrogen and oxygen atoms in total. The van der Waals surface area contributed by atoms with Crippen LogP contribution in [0.15, 0.2) is 24.3 Å². The fourth-order valence-electron chi connectivity index (χ4n) is 2.47. The van der Waals surface area contributed by atoms with Gasteiger partial charge >= 0.3 is 0 Å². The van der Waals surface area contributed by atoms with E-state index in [-0.39, 0.29) is 24.2 Å². The molecule has 0 radical (unpaired) electrons. The topological polar surface area (TPSA) is 53.6 Å². The quantitative estimate of drug-likeness (QED) is 0.792. The fraction of sp³-hybridized carbons (Fsp3) is 0.588. The highest BCUT2D eigenvalue weighted by molar-refractivity contribution is 5.85. The van der Waals surface area contributed by atoms with Crippen LogP contribution in [0, 0.1) is 5.92 Å². The van der Waals surface area contributed by atoms with Gasteiger partial charge in [0.05, 0.1) is 0 Å². The summed E-state index contributed by atoms with van der Waals surface area (Å²) in [5.41, 5.74) is 1.10. The standard InChI is InChI=1S/C17H27N3O2.ClH/c1-20(2)11-12-22-16-5-3-14(4-6-16)13-19-17(21)15-7-9-18-10-8-15;/h3-6,15,18H,7-13H2,1-2H3,(H,19,21);1H. The molecule has 0 aromatic heterocycles. The predicted octanol–water partition coefficient (Wildman–Crippen LogP) is 1.66. The van der Waals surface area contributed by atoms with Crippen LogP contribution in [0.5, 0.6) is 5.75 Å². The van der Waals surface area contributed by atoms with Crippen molar-refractivity contribution in [2.24, 2.45) is 5.92 Å². The third kappa shape index (κ3) is 7.20. The van der Waals surface area contributed by atoms with E-state index < -0.39 is 0 Å². The molecule has 0 spiro atoms. The maximum atomic E-state index is 12.1. The molecule has 0 atom stereocenters. The minimum absolute atomic E-state index is 0. The van der Waals surface area contributed by atoms with Crippen LogP contribution in [0.2, 0.25) is 0 Å². The van der Waals surface area contributed by atoms with Gasteiger partial charge in [-0.05, 0) is 57.7 Å². The highest BCUT2D eigenvalue weighted by Gasteiger charge is 2.20. The molecule has 1 aliphatic rings. The van der Waals surface area contributed by atoms with Crippen molar-refractivity contribution in [3.05, 3.63) is 29.8 Å². The summed E-state index contributed by atoms with van der Waals surface area (Å²) in [6, 6.07) is 7.94. The van der Waals surface area contributed by atoms with E-state index >= 15 is 0 Å². The monoisotopic (exact) mass is 341 g/mol. The lowest BCUT2D eigenvalue weighted by Gasteiger charge is -2.21. The Bertz CT molecular complexity index is 459. The maximum Gasteiger partial charge on any atom is 0.223 e. The van der Waals surface area contributed by atoms with Crippen molar-refractivity contribution in [3.63, 3.8) is 0 Å². The summed E-state index contributed by atoms with van der Waals surface area (Å²) in [6.07, 6.45) is 1.87. The number of halogens is 1. The van der Waals surface area contributed by atoms with Gasteiger partial charge in [0, 0.05) is 19.0 Å². The lowest BCUT2D eigenvalue weighted by atomic mass is 9.97. The zero-order valence-electron chi connectivity index (χ0n) is 14.0. The van der Waals surface area contributed by atoms with E-state index in [0.717, 1.165) is 43.8 Å². The van der Waals surface area contributed by atoms with Crippen LogP contribution in [-0.2, 0) is 11.3 Å². The van der Waals surface area contributed by atoms with Gasteiger partial charge in [0.1, 0.15) is 12.4 Å². The molecule has 1 aromatic carbocycles. The number of carbonyl (C=O) groups is 1. The van der Waals surface area contributed by atoms with Crippen LogP contribution < -0.4 is 15.4 Å². The van der Waals surface area contributed by atoms with Crippen LogP contribution in [0.25, 0.3) is 0 Å². The summed E-state index contributed by atoms with van der Waals surface area (Å²) >= 11 is 0. The van der Waals surface area contributed by atoms with Gasteiger partial charge in [0.15, 0.2) is 0 Å². The number of rotatable bonds is 7. The van der Waals surface area contributed by atoms with E-state index in [1.165, 1.54) is 0 Å². The molecule has 0 saturated carbocycles. The number of ether oxygens (including phenoxy) is 1. The molecule has 1 aromatic rings. The first kappa shape index (κ1) is 19.7. The van der Waals surface area contributed by atoms with E-state index in [0.29, 0.717) is 13.2 Å². The second-order valence-electron chi connectivity index (χ2n) is 6.04. The molecule has 0 bridgehead atoms. The number of hydrogen-bond donors (Lipinski definition) is 2. The van der Waals surface area contributed by atoms with Crippen molar-refractivity contribution in [2.45, 2.75) is 19.4 Å². The number of likely N-dealkylation sites (N-methyl/N-ethyl adjacent to an activating group) is 1. The molecular weight excluding hydrogens is 314 g/mol. The molecular formula is C17H28ClN3O2. The van der Waals surface area contributed by atoms with Gasteiger partial charge in [-0.1, -0.05) is 12.1 Å². The number of piperidine rings is 1. The molecule has 1 amide bonds. The summed E-state index contributed by atoms with van der Waals surface area (Å²) in [6.45, 7) is 4.04. The normalized spacial score (nSPS) is 15.1. The predicted molar refractivity (Wildman–Crippen MR) is 95.2 cm³/mol. The summed E-state index contributed by atoms with van der Waals surface area (Å²) in [5.74, 6) is 1.21. The van der Waals surface area contributed by atoms with Gasteiger partial charge in [-0.15, -0.1) is 12.4 Å². The molecule has 1 fully saturated rings. The zero-order chi connectivity index (χ0) is 15.8. The first-order valence-corrected chi connectivity index (χ1v) is 8.00. The first-order valence-electron chi connectivity index (χ1n) is 8.00. The van der Waals surface area contributed by atoms with Crippen LogP contribution in [0.4, 0.5) is 0 Å². The number of hydrogen-bond acceptors (Lipinski definition) is 4. The minimum atomic E-state index is 0. The summed E-state index contributed by atoms with van der Waals surface area (Å²) in [7, 11) is 4.05. The average molecular weight is 342 g/mol. The Morgan fingerprint density at radius 1 is 1.26 bits per heavy atom. The lowest BCUT2D eigenvalue weighted by Crippen LogP contribution is -2.37. The molecule has 1 heterocycles. The number of benzene rings is 1. The number of carbonyl (C=O) groups excluding carboxylic acids is 1. The Hall–Kier alpha value is -1.30. The van der Waals surface area contributed by atoms with Gasteiger partial charge in [0.2, 0.25) is 5.91 Å². The third-order valence-corrected chi connectivity index (χ3v) is 3.91. The minimum Gasteiger partial charge on any atom is -0.492 e. The second kappa shape index (κ2) is 10.5. The molecule has 0 aliphatic carbocycles. The van der Waals surface area contributed by atoms with Crippen molar-refractivity contribution >= 4 is 18.3 Å². The highest BCUT2D eigenvalue weighted by atomic mass is 35.5. The van der Waals surface area contributed by atoms with E-state index in [1.54, 1.807) is 0 Å². The molecule has 2 rings (SSSR count).